The smallest absolute Gasteiger partial charge is 0.328 e. The molecule has 1 amide bonds. The highest BCUT2D eigenvalue weighted by molar-refractivity contribution is 6.32. The number of rotatable bonds is 5. The maximum absolute atomic E-state index is 13.8. The first-order chi connectivity index (χ1) is 14.7. The number of benzene rings is 1. The number of ether oxygens (including phenoxy) is 1. The number of anilines is 2. The topological polar surface area (TPSA) is 121 Å². The number of carboxylic acid groups (broad SMARTS) is 1. The van der Waals surface area contributed by atoms with Crippen molar-refractivity contribution in [3.8, 4) is 0 Å². The van der Waals surface area contributed by atoms with E-state index >= 15 is 0 Å². The standard InChI is InChI=1S/C22H20FN3O5/c1-22(2)14(11-3-6-18(24-9-11)25-16(10-27)21(29)30)8-17(31-22)19-13-7-12(23)4-5-15(13)26-20(19)28/h3-9,16,27H,10H2,1-2H3,(H,24,25)(H,26,28)(H,29,30)/t16-/m0/s1. The number of carbonyl (C=O) groups excluding carboxylic acids is 1. The molecule has 4 N–H and O–H groups in total. The van der Waals surface area contributed by atoms with E-state index in [0.29, 0.717) is 28.4 Å². The lowest BCUT2D eigenvalue weighted by molar-refractivity contribution is -0.138. The molecule has 160 valence electrons. The lowest BCUT2D eigenvalue weighted by Crippen LogP contribution is -2.33. The second-order valence-electron chi connectivity index (χ2n) is 7.70. The van der Waals surface area contributed by atoms with Crippen molar-refractivity contribution < 1.29 is 28.9 Å². The Labute approximate surface area is 177 Å². The third-order valence-corrected chi connectivity index (χ3v) is 5.14. The molecule has 2 aliphatic rings. The number of nitrogens with zero attached hydrogens (tertiary/aromatic N) is 1. The van der Waals surface area contributed by atoms with Crippen LogP contribution in [0.15, 0.2) is 48.4 Å². The Morgan fingerprint density at radius 1 is 1.32 bits per heavy atom. The maximum Gasteiger partial charge on any atom is 0.328 e. The van der Waals surface area contributed by atoms with Crippen molar-refractivity contribution in [3.63, 3.8) is 0 Å². The van der Waals surface area contributed by atoms with Gasteiger partial charge in [0.05, 0.1) is 12.2 Å². The van der Waals surface area contributed by atoms with E-state index in [9.17, 15) is 14.0 Å². The third-order valence-electron chi connectivity index (χ3n) is 5.14. The molecule has 0 bridgehead atoms. The van der Waals surface area contributed by atoms with Gasteiger partial charge in [0.15, 0.2) is 0 Å². The summed E-state index contributed by atoms with van der Waals surface area (Å²) >= 11 is 0. The zero-order valence-electron chi connectivity index (χ0n) is 16.8. The predicted molar refractivity (Wildman–Crippen MR) is 111 cm³/mol. The highest BCUT2D eigenvalue weighted by Crippen LogP contribution is 2.44. The second kappa shape index (κ2) is 7.51. The van der Waals surface area contributed by atoms with Gasteiger partial charge in [0.1, 0.15) is 29.0 Å². The second-order valence-corrected chi connectivity index (χ2v) is 7.70. The number of allylic oxidation sites excluding steroid dienone is 1. The van der Waals surface area contributed by atoms with E-state index in [1.807, 2.05) is 13.8 Å². The average Bonchev–Trinajstić information content (AvgIpc) is 3.20. The van der Waals surface area contributed by atoms with Gasteiger partial charge >= 0.3 is 5.97 Å². The molecule has 3 heterocycles. The highest BCUT2D eigenvalue weighted by atomic mass is 19.1. The van der Waals surface area contributed by atoms with Crippen molar-refractivity contribution in [1.29, 1.82) is 0 Å². The Bertz CT molecular complexity index is 1140. The molecular weight excluding hydrogens is 405 g/mol. The molecule has 0 saturated heterocycles. The van der Waals surface area contributed by atoms with Crippen LogP contribution in [0.1, 0.15) is 25.0 Å². The third kappa shape index (κ3) is 3.75. The van der Waals surface area contributed by atoms with Crippen molar-refractivity contribution in [1.82, 2.24) is 4.98 Å². The van der Waals surface area contributed by atoms with Crippen LogP contribution in [0.2, 0.25) is 0 Å². The number of nitrogens with one attached hydrogen (secondary N) is 2. The first kappa shape index (κ1) is 20.5. The number of carboxylic acids is 1. The Morgan fingerprint density at radius 2 is 2.10 bits per heavy atom. The van der Waals surface area contributed by atoms with Crippen LogP contribution in [0.5, 0.6) is 0 Å². The number of aliphatic carboxylic acids is 1. The van der Waals surface area contributed by atoms with E-state index < -0.39 is 30.0 Å². The summed E-state index contributed by atoms with van der Waals surface area (Å²) in [5, 5.41) is 23.5. The van der Waals surface area contributed by atoms with Crippen LogP contribution in [0.25, 0.3) is 11.1 Å². The predicted octanol–water partition coefficient (Wildman–Crippen LogP) is 2.63. The van der Waals surface area contributed by atoms with Crippen LogP contribution < -0.4 is 10.6 Å². The molecule has 31 heavy (non-hydrogen) atoms. The Balaban J connectivity index is 1.69. The number of aliphatic hydroxyl groups excluding tert-OH is 1. The monoisotopic (exact) mass is 425 g/mol. The van der Waals surface area contributed by atoms with Crippen LogP contribution in [-0.4, -0.2) is 45.3 Å². The van der Waals surface area contributed by atoms with Crippen molar-refractivity contribution in [2.75, 3.05) is 17.2 Å². The van der Waals surface area contributed by atoms with Crippen molar-refractivity contribution >= 4 is 34.5 Å². The molecule has 2 aromatic rings. The molecule has 2 aliphatic heterocycles. The minimum atomic E-state index is -1.19. The van der Waals surface area contributed by atoms with Crippen molar-refractivity contribution in [3.05, 3.63) is 65.3 Å². The van der Waals surface area contributed by atoms with Crippen molar-refractivity contribution in [2.24, 2.45) is 0 Å². The zero-order chi connectivity index (χ0) is 22.3. The fourth-order valence-electron chi connectivity index (χ4n) is 3.60. The van der Waals surface area contributed by atoms with E-state index in [0.717, 1.165) is 5.57 Å². The lowest BCUT2D eigenvalue weighted by atomic mass is 9.93. The number of amides is 1. The van der Waals surface area contributed by atoms with Crippen LogP contribution in [0, 0.1) is 5.82 Å². The number of hydrogen-bond donors (Lipinski definition) is 4. The van der Waals surface area contributed by atoms with E-state index in [-0.39, 0.29) is 11.5 Å². The zero-order valence-corrected chi connectivity index (χ0v) is 16.8. The van der Waals surface area contributed by atoms with Crippen molar-refractivity contribution in [2.45, 2.75) is 25.5 Å². The number of fused-ring (bicyclic) bond motifs is 1. The Morgan fingerprint density at radius 3 is 2.74 bits per heavy atom. The summed E-state index contributed by atoms with van der Waals surface area (Å²) in [5.41, 5.74) is 1.89. The van der Waals surface area contributed by atoms with Gasteiger partial charge in [-0.05, 0) is 50.3 Å². The van der Waals surface area contributed by atoms with Gasteiger partial charge in [-0.2, -0.15) is 0 Å². The number of carbonyl (C=O) groups is 2. The van der Waals surface area contributed by atoms with Gasteiger partial charge < -0.3 is 25.6 Å². The highest BCUT2D eigenvalue weighted by Gasteiger charge is 2.38. The summed E-state index contributed by atoms with van der Waals surface area (Å²) in [6.07, 6.45) is 3.28. The normalized spacial score (nSPS) is 19.9. The average molecular weight is 425 g/mol. The van der Waals surface area contributed by atoms with Gasteiger partial charge in [0, 0.05) is 28.6 Å². The molecule has 0 fully saturated rings. The SMILES string of the molecule is CC1(C)OC(=C2C(=O)Nc3ccc(F)cc32)C=C1c1ccc(N[C@@H](CO)C(=O)O)nc1. The molecule has 1 atom stereocenters. The first-order valence-electron chi connectivity index (χ1n) is 9.53. The summed E-state index contributed by atoms with van der Waals surface area (Å²) in [7, 11) is 0. The molecular formula is C22H20FN3O5. The quantitative estimate of drug-likeness (QED) is 0.544. The van der Waals surface area contributed by atoms with E-state index in [1.54, 1.807) is 24.4 Å². The molecule has 4 rings (SSSR count). The lowest BCUT2D eigenvalue weighted by Gasteiger charge is -2.23. The first-order valence-corrected chi connectivity index (χ1v) is 9.53. The molecule has 0 radical (unpaired) electrons. The maximum atomic E-state index is 13.8. The minimum Gasteiger partial charge on any atom is -0.482 e. The van der Waals surface area contributed by atoms with E-state index in [4.69, 9.17) is 14.9 Å². The van der Waals surface area contributed by atoms with Gasteiger partial charge in [-0.1, -0.05) is 0 Å². The minimum absolute atomic E-state index is 0.260. The summed E-state index contributed by atoms with van der Waals surface area (Å²) in [5.74, 6) is -1.39. The molecule has 0 spiro atoms. The summed E-state index contributed by atoms with van der Waals surface area (Å²) in [6.45, 7) is 3.10. The number of aliphatic hydroxyl groups is 1. The van der Waals surface area contributed by atoms with Gasteiger partial charge in [-0.25, -0.2) is 14.2 Å². The molecule has 0 unspecified atom stereocenters. The molecule has 1 aromatic heterocycles. The number of aromatic nitrogens is 1. The molecule has 0 saturated carbocycles. The fraction of sp³-hybridized carbons (Fsp3) is 0.227. The van der Waals surface area contributed by atoms with E-state index in [1.165, 1.54) is 18.2 Å². The van der Waals surface area contributed by atoms with E-state index in [2.05, 4.69) is 15.6 Å². The number of halogens is 1. The summed E-state index contributed by atoms with van der Waals surface area (Å²) in [4.78, 5) is 27.8. The van der Waals surface area contributed by atoms with Gasteiger partial charge in [-0.15, -0.1) is 0 Å². The Hall–Kier alpha value is -3.72. The van der Waals surface area contributed by atoms with Gasteiger partial charge in [0.25, 0.3) is 5.91 Å². The van der Waals surface area contributed by atoms with Crippen LogP contribution in [0.3, 0.4) is 0 Å². The summed E-state index contributed by atoms with van der Waals surface area (Å²) < 4.78 is 19.8. The molecule has 0 aliphatic carbocycles. The molecule has 8 nitrogen and oxygen atoms in total. The number of pyridine rings is 1. The van der Waals surface area contributed by atoms with Crippen LogP contribution >= 0.6 is 0 Å². The fourth-order valence-corrected chi connectivity index (χ4v) is 3.60. The Kier molecular flexibility index (Phi) is 4.98. The number of hydrogen-bond acceptors (Lipinski definition) is 6. The van der Waals surface area contributed by atoms with Crippen LogP contribution in [-0.2, 0) is 14.3 Å². The largest absolute Gasteiger partial charge is 0.482 e. The summed E-state index contributed by atoms with van der Waals surface area (Å²) in [6, 6.07) is 6.24. The van der Waals surface area contributed by atoms with Crippen LogP contribution in [0.4, 0.5) is 15.9 Å². The molecule has 9 heteroatoms. The van der Waals surface area contributed by atoms with Gasteiger partial charge in [-0.3, -0.25) is 4.79 Å². The molecule has 1 aromatic carbocycles. The van der Waals surface area contributed by atoms with Gasteiger partial charge in [0.2, 0.25) is 0 Å².